The Morgan fingerprint density at radius 3 is 2.72 bits per heavy atom. The van der Waals surface area contributed by atoms with E-state index in [1.54, 1.807) is 6.07 Å². The van der Waals surface area contributed by atoms with Crippen molar-refractivity contribution in [3.05, 3.63) is 29.0 Å². The Morgan fingerprint density at radius 1 is 1.50 bits per heavy atom. The fourth-order valence-corrected chi connectivity index (χ4v) is 2.41. The second-order valence-electron chi connectivity index (χ2n) is 4.91. The number of anilines is 1. The smallest absolute Gasteiger partial charge is 0.225 e. The van der Waals surface area contributed by atoms with E-state index >= 15 is 0 Å². The summed E-state index contributed by atoms with van der Waals surface area (Å²) in [6.07, 6.45) is 3.41. The standard InChI is InChI=1S/C13H16ClFN2O/c14-9-2-3-11(10(15)6-9)17-12(18)7-13(8-16)4-1-5-13/h2-3,6H,1,4-5,7-8,16H2,(H,17,18). The molecule has 0 unspecified atom stereocenters. The molecular formula is C13H16ClFN2O. The van der Waals surface area contributed by atoms with Crippen molar-refractivity contribution >= 4 is 23.2 Å². The molecule has 0 atom stereocenters. The fraction of sp³-hybridized carbons (Fsp3) is 0.462. The van der Waals surface area contributed by atoms with E-state index in [9.17, 15) is 9.18 Å². The van der Waals surface area contributed by atoms with Crippen LogP contribution in [-0.4, -0.2) is 12.5 Å². The Morgan fingerprint density at radius 2 is 2.22 bits per heavy atom. The summed E-state index contributed by atoms with van der Waals surface area (Å²) in [6.45, 7) is 0.503. The number of amides is 1. The Labute approximate surface area is 111 Å². The molecular weight excluding hydrogens is 255 g/mol. The zero-order valence-corrected chi connectivity index (χ0v) is 10.8. The van der Waals surface area contributed by atoms with Gasteiger partial charge in [0.15, 0.2) is 0 Å². The van der Waals surface area contributed by atoms with E-state index in [4.69, 9.17) is 17.3 Å². The molecule has 0 spiro atoms. The van der Waals surface area contributed by atoms with E-state index in [-0.39, 0.29) is 17.0 Å². The average Bonchev–Trinajstić information content (AvgIpc) is 2.27. The van der Waals surface area contributed by atoms with Crippen molar-refractivity contribution in [2.24, 2.45) is 11.1 Å². The molecule has 98 valence electrons. The van der Waals surface area contributed by atoms with Gasteiger partial charge in [-0.05, 0) is 43.0 Å². The van der Waals surface area contributed by atoms with Crippen molar-refractivity contribution in [2.75, 3.05) is 11.9 Å². The number of rotatable bonds is 4. The highest BCUT2D eigenvalue weighted by molar-refractivity contribution is 6.30. The topological polar surface area (TPSA) is 55.1 Å². The molecule has 1 fully saturated rings. The largest absolute Gasteiger partial charge is 0.330 e. The Kier molecular flexibility index (Phi) is 3.88. The number of nitrogens with two attached hydrogens (primary N) is 1. The summed E-state index contributed by atoms with van der Waals surface area (Å²) in [5.41, 5.74) is 5.78. The molecule has 18 heavy (non-hydrogen) atoms. The van der Waals surface area contributed by atoms with Crippen LogP contribution in [0.1, 0.15) is 25.7 Å². The van der Waals surface area contributed by atoms with E-state index in [0.717, 1.165) is 19.3 Å². The second kappa shape index (κ2) is 5.24. The van der Waals surface area contributed by atoms with Crippen LogP contribution in [0.25, 0.3) is 0 Å². The highest BCUT2D eigenvalue weighted by Gasteiger charge is 2.37. The van der Waals surface area contributed by atoms with E-state index < -0.39 is 5.82 Å². The molecule has 1 saturated carbocycles. The second-order valence-corrected chi connectivity index (χ2v) is 5.34. The van der Waals surface area contributed by atoms with E-state index in [2.05, 4.69) is 5.32 Å². The molecule has 1 aliphatic rings. The van der Waals surface area contributed by atoms with Gasteiger partial charge in [0.25, 0.3) is 0 Å². The van der Waals surface area contributed by atoms with Crippen molar-refractivity contribution in [1.82, 2.24) is 0 Å². The quantitative estimate of drug-likeness (QED) is 0.884. The van der Waals surface area contributed by atoms with E-state index in [1.807, 2.05) is 0 Å². The van der Waals surface area contributed by atoms with Crippen LogP contribution in [0.2, 0.25) is 5.02 Å². The van der Waals surface area contributed by atoms with Crippen molar-refractivity contribution in [3.8, 4) is 0 Å². The first kappa shape index (κ1) is 13.3. The first-order valence-corrected chi connectivity index (χ1v) is 6.37. The van der Waals surface area contributed by atoms with Gasteiger partial charge in [-0.2, -0.15) is 0 Å². The Balaban J connectivity index is 1.98. The molecule has 0 aromatic heterocycles. The third-order valence-corrected chi connectivity index (χ3v) is 3.82. The fourth-order valence-electron chi connectivity index (χ4n) is 2.26. The molecule has 3 nitrogen and oxygen atoms in total. The van der Waals surface area contributed by atoms with Crippen molar-refractivity contribution in [3.63, 3.8) is 0 Å². The van der Waals surface area contributed by atoms with Crippen LogP contribution in [-0.2, 0) is 4.79 Å². The lowest BCUT2D eigenvalue weighted by Gasteiger charge is -2.40. The molecule has 0 saturated heterocycles. The molecule has 1 amide bonds. The number of hydrogen-bond acceptors (Lipinski definition) is 2. The van der Waals surface area contributed by atoms with Gasteiger partial charge in [-0.25, -0.2) is 4.39 Å². The van der Waals surface area contributed by atoms with Crippen molar-refractivity contribution < 1.29 is 9.18 Å². The van der Waals surface area contributed by atoms with Gasteiger partial charge in [-0.15, -0.1) is 0 Å². The van der Waals surface area contributed by atoms with Crippen LogP contribution >= 0.6 is 11.6 Å². The number of carbonyl (C=O) groups excluding carboxylic acids is 1. The van der Waals surface area contributed by atoms with Crippen LogP contribution < -0.4 is 11.1 Å². The van der Waals surface area contributed by atoms with E-state index in [0.29, 0.717) is 18.0 Å². The van der Waals surface area contributed by atoms with Gasteiger partial charge >= 0.3 is 0 Å². The molecule has 1 aliphatic carbocycles. The first-order valence-electron chi connectivity index (χ1n) is 6.00. The summed E-state index contributed by atoms with van der Waals surface area (Å²) in [5.74, 6) is -0.715. The van der Waals surface area contributed by atoms with Gasteiger partial charge in [0.2, 0.25) is 5.91 Å². The third kappa shape index (κ3) is 2.82. The van der Waals surface area contributed by atoms with Crippen LogP contribution in [0.4, 0.5) is 10.1 Å². The molecule has 0 heterocycles. The lowest BCUT2D eigenvalue weighted by Crippen LogP contribution is -2.40. The molecule has 0 aliphatic heterocycles. The number of carbonyl (C=O) groups is 1. The molecule has 1 aromatic carbocycles. The van der Waals surface area contributed by atoms with Crippen molar-refractivity contribution in [1.29, 1.82) is 0 Å². The molecule has 2 rings (SSSR count). The zero-order chi connectivity index (χ0) is 13.2. The minimum absolute atomic E-state index is 0.0764. The predicted molar refractivity (Wildman–Crippen MR) is 70.0 cm³/mol. The van der Waals surface area contributed by atoms with Crippen LogP contribution in [0.5, 0.6) is 0 Å². The van der Waals surface area contributed by atoms with Gasteiger partial charge in [-0.1, -0.05) is 18.0 Å². The first-order chi connectivity index (χ1) is 8.54. The molecule has 0 bridgehead atoms. The number of nitrogens with one attached hydrogen (secondary N) is 1. The SMILES string of the molecule is NCC1(CC(=O)Nc2ccc(Cl)cc2F)CCC1. The van der Waals surface area contributed by atoms with Crippen LogP contribution in [0.15, 0.2) is 18.2 Å². The van der Waals surface area contributed by atoms with Gasteiger partial charge in [0.05, 0.1) is 5.69 Å². The summed E-state index contributed by atoms with van der Waals surface area (Å²) < 4.78 is 13.5. The summed E-state index contributed by atoms with van der Waals surface area (Å²) in [4.78, 5) is 11.9. The van der Waals surface area contributed by atoms with Crippen LogP contribution in [0, 0.1) is 11.2 Å². The maximum absolute atomic E-state index is 13.5. The van der Waals surface area contributed by atoms with Gasteiger partial charge in [-0.3, -0.25) is 4.79 Å². The van der Waals surface area contributed by atoms with Crippen LogP contribution in [0.3, 0.4) is 0 Å². The maximum Gasteiger partial charge on any atom is 0.225 e. The normalized spacial score (nSPS) is 17.1. The lowest BCUT2D eigenvalue weighted by atomic mass is 9.66. The third-order valence-electron chi connectivity index (χ3n) is 3.59. The summed E-state index contributed by atoms with van der Waals surface area (Å²) in [7, 11) is 0. The van der Waals surface area contributed by atoms with Gasteiger partial charge in [0, 0.05) is 11.4 Å². The number of hydrogen-bond donors (Lipinski definition) is 2. The minimum Gasteiger partial charge on any atom is -0.330 e. The highest BCUT2D eigenvalue weighted by atomic mass is 35.5. The summed E-state index contributed by atoms with van der Waals surface area (Å²) in [6, 6.07) is 4.19. The van der Waals surface area contributed by atoms with Gasteiger partial charge in [0.1, 0.15) is 5.82 Å². The number of halogens is 2. The monoisotopic (exact) mass is 270 g/mol. The average molecular weight is 271 g/mol. The lowest BCUT2D eigenvalue weighted by molar-refractivity contribution is -0.119. The predicted octanol–water partition coefficient (Wildman–Crippen LogP) is 2.94. The van der Waals surface area contributed by atoms with Crippen molar-refractivity contribution in [2.45, 2.75) is 25.7 Å². The Bertz CT molecular complexity index is 455. The zero-order valence-electron chi connectivity index (χ0n) is 10.0. The molecule has 3 N–H and O–H groups in total. The molecule has 5 heteroatoms. The number of benzene rings is 1. The molecule has 1 aromatic rings. The minimum atomic E-state index is -0.522. The summed E-state index contributed by atoms with van der Waals surface area (Å²) in [5, 5.41) is 2.88. The van der Waals surface area contributed by atoms with Gasteiger partial charge < -0.3 is 11.1 Å². The summed E-state index contributed by atoms with van der Waals surface area (Å²) >= 11 is 5.64. The maximum atomic E-state index is 13.5. The highest BCUT2D eigenvalue weighted by Crippen LogP contribution is 2.43. The van der Waals surface area contributed by atoms with E-state index in [1.165, 1.54) is 12.1 Å². The Hall–Kier alpha value is -1.13. The molecule has 0 radical (unpaired) electrons.